The van der Waals surface area contributed by atoms with E-state index in [1.807, 2.05) is 18.2 Å². The van der Waals surface area contributed by atoms with Gasteiger partial charge in [-0.1, -0.05) is 0 Å². The SMILES string of the molecule is Cc1ccc(-c2[o+]c(-c3ccccc3)c[se]2)cc1.[O-][Cl+3]([O-])([O-])[O-]. The second-order valence-corrected chi connectivity index (χ2v) is 7.12. The van der Waals surface area contributed by atoms with Gasteiger partial charge in [-0.3, -0.25) is 0 Å². The maximum absolute atomic E-state index is 8.49. The topological polar surface area (TPSA) is 104 Å². The Balaban J connectivity index is 0.000000338. The van der Waals surface area contributed by atoms with Crippen LogP contribution in [0.5, 0.6) is 0 Å². The molecule has 3 aromatic rings. The summed E-state index contributed by atoms with van der Waals surface area (Å²) < 4.78 is 41.0. The maximum Gasteiger partial charge on any atom is -0.112 e. The first kappa shape index (κ1) is 17.8. The summed E-state index contributed by atoms with van der Waals surface area (Å²) in [6.07, 6.45) is 0. The van der Waals surface area contributed by atoms with Crippen LogP contribution in [0.3, 0.4) is 0 Å². The van der Waals surface area contributed by atoms with E-state index in [0.29, 0.717) is 14.5 Å². The van der Waals surface area contributed by atoms with Gasteiger partial charge in [0, 0.05) is 0 Å². The van der Waals surface area contributed by atoms with Crippen LogP contribution in [-0.2, 0) is 0 Å². The Bertz CT molecular complexity index is 729. The Morgan fingerprint density at radius 2 is 1.39 bits per heavy atom. The van der Waals surface area contributed by atoms with Crippen molar-refractivity contribution in [3.05, 3.63) is 65.1 Å². The summed E-state index contributed by atoms with van der Waals surface area (Å²) in [6, 6.07) is 18.8. The van der Waals surface area contributed by atoms with E-state index in [-0.39, 0.29) is 0 Å². The maximum atomic E-state index is 8.49. The zero-order valence-electron chi connectivity index (χ0n) is 12.1. The smallest absolute Gasteiger partial charge is 0.112 e. The van der Waals surface area contributed by atoms with Crippen molar-refractivity contribution in [3.8, 4) is 21.5 Å². The average Bonchev–Trinajstić information content (AvgIpc) is 2.97. The van der Waals surface area contributed by atoms with Crippen molar-refractivity contribution in [3.63, 3.8) is 0 Å². The standard InChI is InChI=1S/C16H13OSe.ClHO4/c1-12-7-9-14(10-8-12)16-17-15(11-18-16)13-5-3-2-4-6-13;2-1(3,4)5/h2-11H,1H3;(H,2,3,4,5)/q+1;/p-1. The van der Waals surface area contributed by atoms with Crippen molar-refractivity contribution in [2.45, 2.75) is 6.92 Å². The molecule has 0 saturated carbocycles. The molecule has 3 rings (SSSR count). The summed E-state index contributed by atoms with van der Waals surface area (Å²) in [4.78, 5) is 2.21. The summed E-state index contributed by atoms with van der Waals surface area (Å²) in [7, 11) is -4.94. The molecule has 0 amide bonds. The number of rotatable bonds is 2. The number of hydrogen-bond acceptors (Lipinski definition) is 4. The van der Waals surface area contributed by atoms with Gasteiger partial charge in [0.25, 0.3) is 0 Å². The third-order valence-electron chi connectivity index (χ3n) is 2.82. The quantitative estimate of drug-likeness (QED) is 0.427. The van der Waals surface area contributed by atoms with Crippen molar-refractivity contribution in [2.75, 3.05) is 0 Å². The first-order valence-corrected chi connectivity index (χ1v) is 9.57. The second-order valence-electron chi connectivity index (χ2n) is 4.60. The molecule has 2 aromatic carbocycles. The minimum absolute atomic E-state index is 0.292. The summed E-state index contributed by atoms with van der Waals surface area (Å²) in [5.41, 5.74) is 3.63. The predicted octanol–water partition coefficient (Wildman–Crippen LogP) is -0.496. The van der Waals surface area contributed by atoms with Crippen LogP contribution in [0.25, 0.3) is 21.5 Å². The summed E-state index contributed by atoms with van der Waals surface area (Å²) in [5.74, 6) is 0.992. The number of halogens is 1. The molecule has 0 spiro atoms. The van der Waals surface area contributed by atoms with Crippen molar-refractivity contribution in [2.24, 2.45) is 0 Å². The van der Waals surface area contributed by atoms with Crippen LogP contribution in [0, 0.1) is 17.2 Å². The second kappa shape index (κ2) is 7.86. The van der Waals surface area contributed by atoms with E-state index in [1.165, 1.54) is 11.1 Å². The normalized spacial score (nSPS) is 10.8. The largest absolute Gasteiger partial charge is 0.222 e. The molecule has 0 bridgehead atoms. The van der Waals surface area contributed by atoms with E-state index >= 15 is 0 Å². The van der Waals surface area contributed by atoms with Gasteiger partial charge in [0.15, 0.2) is 0 Å². The summed E-state index contributed by atoms with van der Waals surface area (Å²) in [5, 5.41) is 0. The molecule has 0 saturated heterocycles. The van der Waals surface area contributed by atoms with Crippen LogP contribution in [0.1, 0.15) is 5.56 Å². The molecule has 0 aliphatic heterocycles. The van der Waals surface area contributed by atoms with Crippen molar-refractivity contribution in [1.82, 2.24) is 0 Å². The van der Waals surface area contributed by atoms with Crippen LogP contribution in [0.15, 0.2) is 64.0 Å². The Morgan fingerprint density at radius 3 is 1.96 bits per heavy atom. The molecule has 120 valence electrons. The van der Waals surface area contributed by atoms with Crippen LogP contribution < -0.4 is 18.6 Å². The Labute approximate surface area is 141 Å². The Morgan fingerprint density at radius 1 is 0.826 bits per heavy atom. The summed E-state index contributed by atoms with van der Waals surface area (Å²) >= 11 is 0.292. The molecule has 1 aromatic heterocycles. The average molecular weight is 400 g/mol. The third-order valence-corrected chi connectivity index (χ3v) is 4.64. The van der Waals surface area contributed by atoms with E-state index in [2.05, 4.69) is 48.3 Å². The molecule has 5 nitrogen and oxygen atoms in total. The van der Waals surface area contributed by atoms with Crippen molar-refractivity contribution in [1.29, 1.82) is 0 Å². The van der Waals surface area contributed by atoms with Gasteiger partial charge in [-0.15, -0.1) is 10.2 Å². The van der Waals surface area contributed by atoms with E-state index in [4.69, 9.17) is 23.1 Å². The Hall–Kier alpha value is -1.50. The third kappa shape index (κ3) is 6.25. The van der Waals surface area contributed by atoms with Gasteiger partial charge in [-0.05, 0) is 0 Å². The molecular formula is C16H13ClO5Se. The van der Waals surface area contributed by atoms with Gasteiger partial charge in [0.1, 0.15) is 0 Å². The number of benzene rings is 2. The van der Waals surface area contributed by atoms with E-state index < -0.39 is 10.2 Å². The number of hydrogen-bond donors (Lipinski definition) is 0. The fourth-order valence-corrected chi connectivity index (χ4v) is 3.50. The monoisotopic (exact) mass is 400 g/mol. The molecule has 23 heavy (non-hydrogen) atoms. The van der Waals surface area contributed by atoms with Crippen LogP contribution >= 0.6 is 0 Å². The predicted molar refractivity (Wildman–Crippen MR) is 75.7 cm³/mol. The minimum Gasteiger partial charge on any atom is -0.222 e. The first-order valence-electron chi connectivity index (χ1n) is 6.49. The molecule has 7 heteroatoms. The van der Waals surface area contributed by atoms with Gasteiger partial charge < -0.3 is 0 Å². The number of aryl methyl sites for hydroxylation is 1. The zero-order valence-corrected chi connectivity index (χ0v) is 14.6. The van der Waals surface area contributed by atoms with E-state index in [0.717, 1.165) is 16.0 Å². The van der Waals surface area contributed by atoms with Crippen molar-refractivity contribution < 1.29 is 33.3 Å². The van der Waals surface area contributed by atoms with Crippen LogP contribution in [0.4, 0.5) is 0 Å². The molecule has 0 fully saturated rings. The van der Waals surface area contributed by atoms with Gasteiger partial charge in [-0.2, -0.15) is 0 Å². The van der Waals surface area contributed by atoms with Gasteiger partial charge in [-0.25, -0.2) is 18.6 Å². The van der Waals surface area contributed by atoms with Gasteiger partial charge >= 0.3 is 112 Å². The molecule has 0 radical (unpaired) electrons. The molecule has 0 aliphatic carbocycles. The molecule has 0 unspecified atom stereocenters. The fraction of sp³-hybridized carbons (Fsp3) is 0.0625. The minimum atomic E-state index is -4.94. The Kier molecular flexibility index (Phi) is 6.10. The van der Waals surface area contributed by atoms with E-state index in [1.54, 1.807) is 0 Å². The summed E-state index contributed by atoms with van der Waals surface area (Å²) in [6.45, 7) is 2.10. The van der Waals surface area contributed by atoms with Crippen LogP contribution in [-0.4, -0.2) is 14.5 Å². The van der Waals surface area contributed by atoms with Gasteiger partial charge in [0.2, 0.25) is 0 Å². The zero-order chi connectivity index (χ0) is 16.9. The van der Waals surface area contributed by atoms with Crippen molar-refractivity contribution >= 4 is 14.5 Å². The van der Waals surface area contributed by atoms with Gasteiger partial charge in [0.05, 0.1) is 0 Å². The molecule has 1 heterocycles. The van der Waals surface area contributed by atoms with Crippen LogP contribution in [0.2, 0.25) is 0 Å². The first-order chi connectivity index (χ1) is 10.8. The molecule has 0 N–H and O–H groups in total. The molecular weight excluding hydrogens is 387 g/mol. The molecule has 0 aliphatic rings. The molecule has 0 atom stereocenters. The van der Waals surface area contributed by atoms with E-state index in [9.17, 15) is 0 Å². The fourth-order valence-electron chi connectivity index (χ4n) is 1.80.